The molecule has 1 N–H and O–H groups in total. The van der Waals surface area contributed by atoms with Crippen LogP contribution in [0.4, 0.5) is 0 Å². The smallest absolute Gasteiger partial charge is 0.244 e. The molecule has 6 heteroatoms. The zero-order valence-electron chi connectivity index (χ0n) is 12.6. The van der Waals surface area contributed by atoms with Gasteiger partial charge in [-0.1, -0.05) is 18.2 Å². The van der Waals surface area contributed by atoms with Crippen molar-refractivity contribution >= 4 is 23.3 Å². The number of benzene rings is 1. The van der Waals surface area contributed by atoms with Crippen molar-refractivity contribution in [1.82, 2.24) is 20.1 Å². The van der Waals surface area contributed by atoms with Crippen molar-refractivity contribution < 1.29 is 4.79 Å². The molecule has 0 saturated heterocycles. The van der Waals surface area contributed by atoms with Crippen LogP contribution >= 0.6 is 11.3 Å². The number of aryl methyl sites for hydroxylation is 1. The summed E-state index contributed by atoms with van der Waals surface area (Å²) in [6.07, 6.45) is 6.85. The molecule has 0 bridgehead atoms. The van der Waals surface area contributed by atoms with E-state index in [0.29, 0.717) is 6.54 Å². The van der Waals surface area contributed by atoms with E-state index in [1.165, 1.54) is 6.08 Å². The van der Waals surface area contributed by atoms with Crippen LogP contribution in [-0.2, 0) is 11.3 Å². The zero-order valence-corrected chi connectivity index (χ0v) is 13.5. The number of para-hydroxylation sites is 1. The van der Waals surface area contributed by atoms with Gasteiger partial charge in [0, 0.05) is 23.2 Å². The van der Waals surface area contributed by atoms with Crippen LogP contribution in [0.1, 0.15) is 16.3 Å². The largest absolute Gasteiger partial charge is 0.347 e. The van der Waals surface area contributed by atoms with Crippen molar-refractivity contribution in [2.24, 2.45) is 0 Å². The summed E-state index contributed by atoms with van der Waals surface area (Å²) in [5.74, 6) is -0.150. The van der Waals surface area contributed by atoms with E-state index in [1.54, 1.807) is 28.3 Å². The SMILES string of the molecule is Cc1nc(CNC(=O)/C=C/c2cnn(-c3ccccc3)c2)cs1. The zero-order chi connectivity index (χ0) is 16.1. The van der Waals surface area contributed by atoms with Gasteiger partial charge in [0.2, 0.25) is 5.91 Å². The molecule has 0 aliphatic heterocycles. The first kappa shape index (κ1) is 15.2. The minimum absolute atomic E-state index is 0.150. The quantitative estimate of drug-likeness (QED) is 0.734. The summed E-state index contributed by atoms with van der Waals surface area (Å²) in [6, 6.07) is 9.83. The van der Waals surface area contributed by atoms with Gasteiger partial charge >= 0.3 is 0 Å². The molecule has 0 spiro atoms. The molecule has 0 saturated carbocycles. The average molecular weight is 324 g/mol. The molecule has 3 aromatic rings. The summed E-state index contributed by atoms with van der Waals surface area (Å²) in [4.78, 5) is 16.1. The lowest BCUT2D eigenvalue weighted by Gasteiger charge is -1.98. The fraction of sp³-hybridized carbons (Fsp3) is 0.118. The highest BCUT2D eigenvalue weighted by Crippen LogP contribution is 2.09. The second-order valence-electron chi connectivity index (χ2n) is 4.96. The lowest BCUT2D eigenvalue weighted by atomic mass is 10.3. The van der Waals surface area contributed by atoms with Gasteiger partial charge in [-0.25, -0.2) is 9.67 Å². The minimum atomic E-state index is -0.150. The lowest BCUT2D eigenvalue weighted by Crippen LogP contribution is -2.20. The van der Waals surface area contributed by atoms with E-state index in [2.05, 4.69) is 15.4 Å². The summed E-state index contributed by atoms with van der Waals surface area (Å²) >= 11 is 1.58. The van der Waals surface area contributed by atoms with Gasteiger partial charge in [0.25, 0.3) is 0 Å². The number of aromatic nitrogens is 3. The third-order valence-electron chi connectivity index (χ3n) is 3.16. The summed E-state index contributed by atoms with van der Waals surface area (Å²) in [6.45, 7) is 2.39. The Morgan fingerprint density at radius 3 is 2.91 bits per heavy atom. The summed E-state index contributed by atoms with van der Waals surface area (Å²) in [5, 5.41) is 10.0. The van der Waals surface area contributed by atoms with Gasteiger partial charge in [0.1, 0.15) is 0 Å². The molecule has 1 aromatic carbocycles. The van der Waals surface area contributed by atoms with Crippen LogP contribution in [0.3, 0.4) is 0 Å². The Balaban J connectivity index is 1.57. The van der Waals surface area contributed by atoms with E-state index < -0.39 is 0 Å². The number of nitrogens with zero attached hydrogens (tertiary/aromatic N) is 3. The lowest BCUT2D eigenvalue weighted by molar-refractivity contribution is -0.116. The van der Waals surface area contributed by atoms with Gasteiger partial charge in [-0.15, -0.1) is 11.3 Å². The van der Waals surface area contributed by atoms with Crippen molar-refractivity contribution in [1.29, 1.82) is 0 Å². The molecule has 3 rings (SSSR count). The molecule has 2 aromatic heterocycles. The van der Waals surface area contributed by atoms with Crippen molar-refractivity contribution in [2.75, 3.05) is 0 Å². The van der Waals surface area contributed by atoms with Gasteiger partial charge < -0.3 is 5.32 Å². The first-order valence-corrected chi connectivity index (χ1v) is 8.06. The topological polar surface area (TPSA) is 59.8 Å². The first-order chi connectivity index (χ1) is 11.2. The van der Waals surface area contributed by atoms with Crippen molar-refractivity contribution in [3.8, 4) is 5.69 Å². The van der Waals surface area contributed by atoms with E-state index in [0.717, 1.165) is 22.0 Å². The van der Waals surface area contributed by atoms with Crippen LogP contribution < -0.4 is 5.32 Å². The van der Waals surface area contributed by atoms with E-state index in [1.807, 2.05) is 48.8 Å². The van der Waals surface area contributed by atoms with Crippen molar-refractivity contribution in [3.05, 3.63) is 70.4 Å². The maximum absolute atomic E-state index is 11.8. The Hall–Kier alpha value is -2.73. The summed E-state index contributed by atoms with van der Waals surface area (Å²) in [5.41, 5.74) is 2.73. The molecule has 5 nitrogen and oxygen atoms in total. The Kier molecular flexibility index (Phi) is 4.63. The molecule has 0 unspecified atom stereocenters. The van der Waals surface area contributed by atoms with Crippen LogP contribution in [0.5, 0.6) is 0 Å². The number of nitrogens with one attached hydrogen (secondary N) is 1. The number of rotatable bonds is 5. The van der Waals surface area contributed by atoms with Gasteiger partial charge in [-0.2, -0.15) is 5.10 Å². The fourth-order valence-electron chi connectivity index (χ4n) is 2.04. The summed E-state index contributed by atoms with van der Waals surface area (Å²) < 4.78 is 1.77. The number of thiazole rings is 1. The number of hydrogen-bond donors (Lipinski definition) is 1. The number of carbonyl (C=O) groups is 1. The molecule has 23 heavy (non-hydrogen) atoms. The highest BCUT2D eigenvalue weighted by atomic mass is 32.1. The van der Waals surface area contributed by atoms with E-state index in [-0.39, 0.29) is 5.91 Å². The number of hydrogen-bond acceptors (Lipinski definition) is 4. The van der Waals surface area contributed by atoms with Crippen LogP contribution in [-0.4, -0.2) is 20.7 Å². The van der Waals surface area contributed by atoms with Gasteiger partial charge in [-0.05, 0) is 25.1 Å². The maximum Gasteiger partial charge on any atom is 0.244 e. The van der Waals surface area contributed by atoms with Gasteiger partial charge in [0.05, 0.1) is 29.1 Å². The second-order valence-corrected chi connectivity index (χ2v) is 6.03. The van der Waals surface area contributed by atoms with Gasteiger partial charge in [0.15, 0.2) is 0 Å². The molecule has 116 valence electrons. The molecular weight excluding hydrogens is 308 g/mol. The molecule has 0 aliphatic carbocycles. The second kappa shape index (κ2) is 7.02. The average Bonchev–Trinajstić information content (AvgIpc) is 3.21. The van der Waals surface area contributed by atoms with Crippen molar-refractivity contribution in [2.45, 2.75) is 13.5 Å². The summed E-state index contributed by atoms with van der Waals surface area (Å²) in [7, 11) is 0. The van der Waals surface area contributed by atoms with E-state index in [9.17, 15) is 4.79 Å². The highest BCUT2D eigenvalue weighted by molar-refractivity contribution is 7.09. The third-order valence-corrected chi connectivity index (χ3v) is 3.98. The van der Waals surface area contributed by atoms with Crippen LogP contribution in [0.15, 0.2) is 54.2 Å². The van der Waals surface area contributed by atoms with Crippen LogP contribution in [0, 0.1) is 6.92 Å². The molecular formula is C17H16N4OS. The maximum atomic E-state index is 11.8. The predicted molar refractivity (Wildman–Crippen MR) is 91.3 cm³/mol. The van der Waals surface area contributed by atoms with E-state index in [4.69, 9.17) is 0 Å². The fourth-order valence-corrected chi connectivity index (χ4v) is 2.66. The normalized spacial score (nSPS) is 11.0. The third kappa shape index (κ3) is 4.14. The van der Waals surface area contributed by atoms with Crippen LogP contribution in [0.25, 0.3) is 11.8 Å². The Bertz CT molecular complexity index is 820. The molecule has 1 amide bonds. The van der Waals surface area contributed by atoms with Crippen molar-refractivity contribution in [3.63, 3.8) is 0 Å². The number of carbonyl (C=O) groups excluding carboxylic acids is 1. The Labute approximate surface area is 138 Å². The Morgan fingerprint density at radius 2 is 2.17 bits per heavy atom. The van der Waals surface area contributed by atoms with Gasteiger partial charge in [-0.3, -0.25) is 4.79 Å². The predicted octanol–water partition coefficient (Wildman–Crippen LogP) is 2.97. The monoisotopic (exact) mass is 324 g/mol. The molecule has 0 fully saturated rings. The molecule has 0 radical (unpaired) electrons. The minimum Gasteiger partial charge on any atom is -0.347 e. The van der Waals surface area contributed by atoms with E-state index >= 15 is 0 Å². The molecule has 0 aliphatic rings. The highest BCUT2D eigenvalue weighted by Gasteiger charge is 2.01. The van der Waals surface area contributed by atoms with Crippen LogP contribution in [0.2, 0.25) is 0 Å². The Morgan fingerprint density at radius 1 is 1.35 bits per heavy atom. The first-order valence-electron chi connectivity index (χ1n) is 7.18. The standard InChI is InChI=1S/C17H16N4OS/c1-13-20-15(12-23-13)10-18-17(22)8-7-14-9-19-21(11-14)16-5-3-2-4-6-16/h2-9,11-12H,10H2,1H3,(H,18,22)/b8-7+. The molecule has 2 heterocycles. The number of amides is 1. The molecule has 0 atom stereocenters.